The Morgan fingerprint density at radius 1 is 0.958 bits per heavy atom. The van der Waals surface area contributed by atoms with Crippen molar-refractivity contribution in [3.8, 4) is 11.1 Å². The van der Waals surface area contributed by atoms with Crippen molar-refractivity contribution in [1.82, 2.24) is 0 Å². The van der Waals surface area contributed by atoms with Crippen LogP contribution in [0.25, 0.3) is 22.8 Å². The molecule has 24 heavy (non-hydrogen) atoms. The van der Waals surface area contributed by atoms with Gasteiger partial charge in [-0.2, -0.15) is 0 Å². The number of rotatable bonds is 2. The van der Waals surface area contributed by atoms with Crippen LogP contribution in [-0.2, 0) is 4.79 Å². The van der Waals surface area contributed by atoms with E-state index >= 15 is 0 Å². The van der Waals surface area contributed by atoms with Crippen LogP contribution in [0.4, 0.5) is 11.4 Å². The molecule has 0 saturated carbocycles. The van der Waals surface area contributed by atoms with Crippen molar-refractivity contribution < 1.29 is 9.72 Å². The zero-order valence-corrected chi connectivity index (χ0v) is 12.5. The van der Waals surface area contributed by atoms with Crippen LogP contribution < -0.4 is 5.32 Å². The van der Waals surface area contributed by atoms with Crippen molar-refractivity contribution in [3.05, 3.63) is 81.9 Å². The van der Waals surface area contributed by atoms with E-state index in [1.807, 2.05) is 42.5 Å². The third-order valence-electron chi connectivity index (χ3n) is 4.12. The number of amides is 1. The second kappa shape index (κ2) is 5.31. The molecule has 0 atom stereocenters. The molecule has 1 heterocycles. The van der Waals surface area contributed by atoms with Crippen molar-refractivity contribution in [2.75, 3.05) is 5.32 Å². The maximum Gasteiger partial charge on any atom is 0.270 e. The minimum absolute atomic E-state index is 0.0325. The molecule has 0 saturated heterocycles. The van der Waals surface area contributed by atoms with E-state index in [2.05, 4.69) is 5.32 Å². The number of anilines is 1. The first-order valence-electron chi connectivity index (χ1n) is 7.43. The third-order valence-corrected chi connectivity index (χ3v) is 4.12. The van der Waals surface area contributed by atoms with Crippen molar-refractivity contribution in [3.63, 3.8) is 0 Å². The van der Waals surface area contributed by atoms with Crippen LogP contribution in [0, 0.1) is 10.1 Å². The van der Waals surface area contributed by atoms with Gasteiger partial charge in [0.25, 0.3) is 11.6 Å². The van der Waals surface area contributed by atoms with E-state index in [1.165, 1.54) is 12.1 Å². The summed E-state index contributed by atoms with van der Waals surface area (Å²) in [7, 11) is 0. The minimum atomic E-state index is -0.460. The first-order valence-corrected chi connectivity index (χ1v) is 7.43. The van der Waals surface area contributed by atoms with Gasteiger partial charge >= 0.3 is 0 Å². The van der Waals surface area contributed by atoms with Gasteiger partial charge in [0.15, 0.2) is 0 Å². The summed E-state index contributed by atoms with van der Waals surface area (Å²) >= 11 is 0. The van der Waals surface area contributed by atoms with Gasteiger partial charge in [-0.05, 0) is 28.8 Å². The summed E-state index contributed by atoms with van der Waals surface area (Å²) in [6.45, 7) is 0. The van der Waals surface area contributed by atoms with E-state index < -0.39 is 4.92 Å². The number of non-ortho nitro benzene ring substituents is 1. The Morgan fingerprint density at radius 3 is 2.62 bits per heavy atom. The Hall–Kier alpha value is -3.47. The summed E-state index contributed by atoms with van der Waals surface area (Å²) in [5.41, 5.74) is 4.57. The second-order valence-corrected chi connectivity index (χ2v) is 5.57. The summed E-state index contributed by atoms with van der Waals surface area (Å²) < 4.78 is 0. The van der Waals surface area contributed by atoms with Gasteiger partial charge in [-0.1, -0.05) is 42.5 Å². The molecule has 0 aromatic heterocycles. The summed E-state index contributed by atoms with van der Waals surface area (Å²) in [6, 6.07) is 18.2. The van der Waals surface area contributed by atoms with Crippen LogP contribution in [0.15, 0.2) is 60.7 Å². The Labute approximate surface area is 137 Å². The number of nitrogens with zero attached hydrogens (tertiary/aromatic N) is 1. The van der Waals surface area contributed by atoms with Gasteiger partial charge in [-0.3, -0.25) is 14.9 Å². The molecule has 1 aromatic carbocycles. The zero-order chi connectivity index (χ0) is 16.7. The van der Waals surface area contributed by atoms with Gasteiger partial charge in [0.05, 0.1) is 4.92 Å². The first-order chi connectivity index (χ1) is 11.6. The molecule has 2 aliphatic carbocycles. The maximum atomic E-state index is 12.3. The highest BCUT2D eigenvalue weighted by molar-refractivity contribution is 6.35. The van der Waals surface area contributed by atoms with Gasteiger partial charge in [-0.25, -0.2) is 0 Å². The molecule has 1 amide bonds. The first kappa shape index (κ1) is 14.1. The number of fused-ring (bicyclic) bond motifs is 2. The molecule has 0 spiro atoms. The lowest BCUT2D eigenvalue weighted by molar-refractivity contribution is -0.384. The number of benzene rings is 1. The van der Waals surface area contributed by atoms with Crippen LogP contribution in [-0.4, -0.2) is 10.8 Å². The fraction of sp³-hybridized carbons (Fsp3) is 0. The third kappa shape index (κ3) is 2.23. The number of nitro benzene ring substituents is 1. The molecule has 116 valence electrons. The standard InChI is InChI=1S/C19H12N2O3/c22-19-17(16-11-14(21(23)24)8-9-18(16)20-19)10-13-7-6-12-4-2-1-3-5-15(12)13/h1-11H,(H,20,22)/b17-10-. The predicted molar refractivity (Wildman–Crippen MR) is 92.7 cm³/mol. The fourth-order valence-electron chi connectivity index (χ4n) is 2.95. The van der Waals surface area contributed by atoms with Gasteiger partial charge in [0.1, 0.15) is 0 Å². The number of carbonyl (C=O) groups excluding carboxylic acids is 1. The summed E-state index contributed by atoms with van der Waals surface area (Å²) in [5, 5.41) is 13.7. The number of nitrogens with one attached hydrogen (secondary N) is 1. The van der Waals surface area contributed by atoms with Crippen molar-refractivity contribution in [2.45, 2.75) is 0 Å². The quantitative estimate of drug-likeness (QED) is 0.437. The largest absolute Gasteiger partial charge is 0.321 e. The van der Waals surface area contributed by atoms with E-state index in [0.29, 0.717) is 16.8 Å². The molecule has 3 aliphatic rings. The summed E-state index contributed by atoms with van der Waals surface area (Å²) in [4.78, 5) is 22.8. The molecule has 4 rings (SSSR count). The smallest absolute Gasteiger partial charge is 0.270 e. The Kier molecular flexibility index (Phi) is 3.13. The lowest BCUT2D eigenvalue weighted by Gasteiger charge is -2.00. The number of hydrogen-bond donors (Lipinski definition) is 1. The molecule has 1 aliphatic heterocycles. The van der Waals surface area contributed by atoms with Gasteiger partial charge in [-0.15, -0.1) is 0 Å². The topological polar surface area (TPSA) is 72.2 Å². The van der Waals surface area contributed by atoms with Crippen LogP contribution in [0.5, 0.6) is 0 Å². The molecular formula is C19H12N2O3. The van der Waals surface area contributed by atoms with E-state index in [0.717, 1.165) is 16.7 Å². The SMILES string of the molecule is O=C1Nc2ccc([N+](=O)[O-])cc2/C1=C/c1ccc2cccccc1-2. The molecule has 5 nitrogen and oxygen atoms in total. The Bertz CT molecular complexity index is 991. The summed E-state index contributed by atoms with van der Waals surface area (Å²) in [6.07, 6.45) is 1.78. The molecular weight excluding hydrogens is 304 g/mol. The molecule has 0 bridgehead atoms. The lowest BCUT2D eigenvalue weighted by Crippen LogP contribution is -2.03. The Morgan fingerprint density at radius 2 is 1.79 bits per heavy atom. The lowest BCUT2D eigenvalue weighted by atomic mass is 10.0. The molecule has 0 fully saturated rings. The highest BCUT2D eigenvalue weighted by atomic mass is 16.6. The Balaban J connectivity index is 1.86. The number of hydrogen-bond acceptors (Lipinski definition) is 3. The second-order valence-electron chi connectivity index (χ2n) is 5.57. The average molecular weight is 316 g/mol. The van der Waals surface area contributed by atoms with Crippen LogP contribution in [0.2, 0.25) is 0 Å². The van der Waals surface area contributed by atoms with E-state index in [1.54, 1.807) is 12.1 Å². The van der Waals surface area contributed by atoms with Gasteiger partial charge < -0.3 is 5.32 Å². The van der Waals surface area contributed by atoms with Crippen LogP contribution >= 0.6 is 0 Å². The minimum Gasteiger partial charge on any atom is -0.321 e. The van der Waals surface area contributed by atoms with Crippen molar-refractivity contribution in [1.29, 1.82) is 0 Å². The van der Waals surface area contributed by atoms with Crippen LogP contribution in [0.3, 0.4) is 0 Å². The van der Waals surface area contributed by atoms with Crippen molar-refractivity contribution >= 4 is 28.9 Å². The number of carbonyl (C=O) groups is 1. The van der Waals surface area contributed by atoms with E-state index in [-0.39, 0.29) is 11.6 Å². The van der Waals surface area contributed by atoms with Gasteiger partial charge in [0.2, 0.25) is 0 Å². The molecule has 1 N–H and O–H groups in total. The van der Waals surface area contributed by atoms with Crippen molar-refractivity contribution in [2.24, 2.45) is 0 Å². The molecule has 1 aromatic rings. The summed E-state index contributed by atoms with van der Waals surface area (Å²) in [5.74, 6) is -0.250. The normalized spacial score (nSPS) is 14.7. The molecule has 5 heteroatoms. The van der Waals surface area contributed by atoms with Gasteiger partial charge in [0, 0.05) is 29.0 Å². The monoisotopic (exact) mass is 316 g/mol. The predicted octanol–water partition coefficient (Wildman–Crippen LogP) is 4.19. The molecule has 0 radical (unpaired) electrons. The average Bonchev–Trinajstić information content (AvgIpc) is 2.98. The van der Waals surface area contributed by atoms with E-state index in [4.69, 9.17) is 0 Å². The van der Waals surface area contributed by atoms with Crippen LogP contribution in [0.1, 0.15) is 11.1 Å². The highest BCUT2D eigenvalue weighted by Crippen LogP contribution is 2.37. The van der Waals surface area contributed by atoms with E-state index in [9.17, 15) is 14.9 Å². The maximum absolute atomic E-state index is 12.3. The zero-order valence-electron chi connectivity index (χ0n) is 12.5. The number of nitro groups is 1. The fourth-order valence-corrected chi connectivity index (χ4v) is 2.95. The highest BCUT2D eigenvalue weighted by Gasteiger charge is 2.26. The molecule has 0 unspecified atom stereocenters.